The van der Waals surface area contributed by atoms with Crippen molar-refractivity contribution in [3.05, 3.63) is 0 Å². The van der Waals surface area contributed by atoms with Gasteiger partial charge >= 0.3 is 0 Å². The van der Waals surface area contributed by atoms with E-state index in [4.69, 9.17) is 11.5 Å². The second-order valence-electron chi connectivity index (χ2n) is 2.72. The van der Waals surface area contributed by atoms with Crippen molar-refractivity contribution in [3.8, 4) is 0 Å². The maximum Gasteiger partial charge on any atom is 0.0395 e. The van der Waals surface area contributed by atoms with E-state index >= 15 is 0 Å². The monoisotopic (exact) mass is 162 g/mol. The molecule has 0 bridgehead atoms. The van der Waals surface area contributed by atoms with Gasteiger partial charge in [0.25, 0.3) is 0 Å². The topological polar surface area (TPSA) is 52.0 Å². The van der Waals surface area contributed by atoms with Gasteiger partial charge in [-0.2, -0.15) is 0 Å². The Balaban J connectivity index is 3.27. The summed E-state index contributed by atoms with van der Waals surface area (Å²) in [6, 6.07) is 0. The molecule has 0 aliphatic rings. The van der Waals surface area contributed by atoms with Gasteiger partial charge in [-0.3, -0.25) is 0 Å². The fourth-order valence-corrected chi connectivity index (χ4v) is 1.69. The van der Waals surface area contributed by atoms with Crippen LogP contribution in [0.4, 0.5) is 0 Å². The van der Waals surface area contributed by atoms with Crippen LogP contribution < -0.4 is 11.5 Å². The Morgan fingerprint density at radius 2 is 1.90 bits per heavy atom. The van der Waals surface area contributed by atoms with E-state index in [1.807, 2.05) is 0 Å². The molecule has 0 aromatic rings. The molecule has 0 radical (unpaired) electrons. The highest BCUT2D eigenvalue weighted by Gasteiger charge is 2.05. The molecule has 0 aliphatic carbocycles. The first-order chi connectivity index (χ1) is 4.70. The first-order valence-electron chi connectivity index (χ1n) is 3.72. The zero-order valence-electron chi connectivity index (χ0n) is 6.84. The standard InChI is InChI=1S/C7H18N2S/c1-6(4-8)3-7(2)10-5-9/h6-7H,3-5,8-9H2,1-2H3. The molecule has 3 heteroatoms. The molecule has 62 valence electrons. The largest absolute Gasteiger partial charge is 0.330 e. The molecule has 2 atom stereocenters. The predicted octanol–water partition coefficient (Wildman–Crippen LogP) is 1.01. The van der Waals surface area contributed by atoms with Crippen molar-refractivity contribution in [1.29, 1.82) is 0 Å². The molecule has 2 unspecified atom stereocenters. The molecule has 10 heavy (non-hydrogen) atoms. The van der Waals surface area contributed by atoms with Gasteiger partial charge in [-0.1, -0.05) is 13.8 Å². The number of thioether (sulfide) groups is 1. The van der Waals surface area contributed by atoms with E-state index in [1.165, 1.54) is 6.42 Å². The van der Waals surface area contributed by atoms with Gasteiger partial charge in [-0.25, -0.2) is 0 Å². The van der Waals surface area contributed by atoms with E-state index < -0.39 is 0 Å². The van der Waals surface area contributed by atoms with E-state index in [0.29, 0.717) is 11.2 Å². The highest BCUT2D eigenvalue weighted by atomic mass is 32.2. The zero-order valence-corrected chi connectivity index (χ0v) is 7.66. The molecule has 0 amide bonds. The van der Waals surface area contributed by atoms with Crippen LogP contribution in [-0.2, 0) is 0 Å². The van der Waals surface area contributed by atoms with E-state index in [1.54, 1.807) is 11.8 Å². The van der Waals surface area contributed by atoms with Crippen LogP contribution in [0.25, 0.3) is 0 Å². The van der Waals surface area contributed by atoms with Crippen LogP contribution in [0, 0.1) is 5.92 Å². The van der Waals surface area contributed by atoms with Crippen molar-refractivity contribution >= 4 is 11.8 Å². The Morgan fingerprint density at radius 1 is 1.30 bits per heavy atom. The molecule has 0 aromatic carbocycles. The lowest BCUT2D eigenvalue weighted by Crippen LogP contribution is -2.15. The summed E-state index contributed by atoms with van der Waals surface area (Å²) < 4.78 is 0. The Hall–Kier alpha value is 0.270. The fourth-order valence-electron chi connectivity index (χ4n) is 0.895. The molecule has 0 rings (SSSR count). The van der Waals surface area contributed by atoms with Crippen molar-refractivity contribution < 1.29 is 0 Å². The third kappa shape index (κ3) is 5.09. The maximum absolute atomic E-state index is 5.48. The van der Waals surface area contributed by atoms with Gasteiger partial charge in [0.1, 0.15) is 0 Å². The van der Waals surface area contributed by atoms with Crippen LogP contribution in [0.2, 0.25) is 0 Å². The highest BCUT2D eigenvalue weighted by Crippen LogP contribution is 2.16. The van der Waals surface area contributed by atoms with Crippen molar-refractivity contribution in [1.82, 2.24) is 0 Å². The van der Waals surface area contributed by atoms with E-state index in [2.05, 4.69) is 13.8 Å². The van der Waals surface area contributed by atoms with E-state index in [0.717, 1.165) is 12.4 Å². The summed E-state index contributed by atoms with van der Waals surface area (Å²) in [5.74, 6) is 1.35. The lowest BCUT2D eigenvalue weighted by atomic mass is 10.1. The molecule has 4 N–H and O–H groups in total. The number of rotatable bonds is 5. The number of hydrogen-bond acceptors (Lipinski definition) is 3. The molecular formula is C7H18N2S. The molecule has 0 saturated heterocycles. The lowest BCUT2D eigenvalue weighted by molar-refractivity contribution is 0.543. The van der Waals surface area contributed by atoms with Crippen molar-refractivity contribution in [3.63, 3.8) is 0 Å². The molecule has 0 heterocycles. The van der Waals surface area contributed by atoms with Crippen LogP contribution in [-0.4, -0.2) is 17.7 Å². The van der Waals surface area contributed by atoms with E-state index in [9.17, 15) is 0 Å². The van der Waals surface area contributed by atoms with Gasteiger partial charge in [0.2, 0.25) is 0 Å². The predicted molar refractivity (Wildman–Crippen MR) is 48.9 cm³/mol. The highest BCUT2D eigenvalue weighted by molar-refractivity contribution is 7.99. The van der Waals surface area contributed by atoms with Crippen LogP contribution in [0.5, 0.6) is 0 Å². The molecule has 0 aliphatic heterocycles. The Bertz CT molecular complexity index is 78.0. The van der Waals surface area contributed by atoms with Crippen molar-refractivity contribution in [2.24, 2.45) is 17.4 Å². The molecule has 0 spiro atoms. The SMILES string of the molecule is CC(CN)CC(C)SCN. The van der Waals surface area contributed by atoms with Gasteiger partial charge in [0.15, 0.2) is 0 Å². The van der Waals surface area contributed by atoms with Gasteiger partial charge in [0.05, 0.1) is 0 Å². The molecule has 0 fully saturated rings. The minimum absolute atomic E-state index is 0.633. The Morgan fingerprint density at radius 3 is 2.30 bits per heavy atom. The summed E-state index contributed by atoms with van der Waals surface area (Å²) in [6.45, 7) is 5.16. The normalized spacial score (nSPS) is 16.8. The maximum atomic E-state index is 5.48. The molecule has 0 aromatic heterocycles. The number of hydrogen-bond donors (Lipinski definition) is 2. The van der Waals surface area contributed by atoms with Crippen LogP contribution >= 0.6 is 11.8 Å². The third-order valence-corrected chi connectivity index (χ3v) is 2.47. The molecule has 0 saturated carbocycles. The summed E-state index contributed by atoms with van der Waals surface area (Å²) >= 11 is 1.80. The summed E-state index contributed by atoms with van der Waals surface area (Å²) in [5, 5.41) is 0.656. The van der Waals surface area contributed by atoms with Crippen molar-refractivity contribution in [2.45, 2.75) is 25.5 Å². The first kappa shape index (κ1) is 10.3. The minimum Gasteiger partial charge on any atom is -0.330 e. The smallest absolute Gasteiger partial charge is 0.0395 e. The van der Waals surface area contributed by atoms with Gasteiger partial charge in [-0.05, 0) is 18.9 Å². The molecule has 2 nitrogen and oxygen atoms in total. The average Bonchev–Trinajstić information content (AvgIpc) is 1.88. The van der Waals surface area contributed by atoms with Crippen molar-refractivity contribution in [2.75, 3.05) is 12.4 Å². The minimum atomic E-state index is 0.633. The lowest BCUT2D eigenvalue weighted by Gasteiger charge is -2.13. The summed E-state index contributed by atoms with van der Waals surface area (Å²) in [7, 11) is 0. The van der Waals surface area contributed by atoms with Gasteiger partial charge < -0.3 is 11.5 Å². The Labute approximate surface area is 67.7 Å². The average molecular weight is 162 g/mol. The summed E-state index contributed by atoms with van der Waals surface area (Å²) in [6.07, 6.45) is 1.18. The van der Waals surface area contributed by atoms with Crippen LogP contribution in [0.15, 0.2) is 0 Å². The second-order valence-corrected chi connectivity index (χ2v) is 4.19. The van der Waals surface area contributed by atoms with Gasteiger partial charge in [0, 0.05) is 11.1 Å². The second kappa shape index (κ2) is 6.01. The molecular weight excluding hydrogens is 144 g/mol. The fraction of sp³-hybridized carbons (Fsp3) is 1.00. The first-order valence-corrected chi connectivity index (χ1v) is 4.77. The van der Waals surface area contributed by atoms with Crippen LogP contribution in [0.1, 0.15) is 20.3 Å². The summed E-state index contributed by atoms with van der Waals surface area (Å²) in [5.41, 5.74) is 10.9. The quantitative estimate of drug-likeness (QED) is 0.593. The van der Waals surface area contributed by atoms with E-state index in [-0.39, 0.29) is 0 Å². The number of nitrogens with two attached hydrogens (primary N) is 2. The van der Waals surface area contributed by atoms with Gasteiger partial charge in [-0.15, -0.1) is 11.8 Å². The van der Waals surface area contributed by atoms with Crippen LogP contribution in [0.3, 0.4) is 0 Å². The zero-order chi connectivity index (χ0) is 7.98. The Kier molecular flexibility index (Phi) is 6.17. The third-order valence-electron chi connectivity index (χ3n) is 1.52. The summed E-state index contributed by atoms with van der Waals surface area (Å²) in [4.78, 5) is 0.